The van der Waals surface area contributed by atoms with Gasteiger partial charge in [0, 0.05) is 24.4 Å². The molecule has 0 saturated heterocycles. The van der Waals surface area contributed by atoms with Crippen LogP contribution in [0.2, 0.25) is 0 Å². The highest BCUT2D eigenvalue weighted by Crippen LogP contribution is 2.24. The van der Waals surface area contributed by atoms with E-state index in [1.165, 1.54) is 6.07 Å². The molecule has 0 aliphatic heterocycles. The van der Waals surface area contributed by atoms with Gasteiger partial charge in [-0.15, -0.1) is 0 Å². The molecule has 0 saturated carbocycles. The van der Waals surface area contributed by atoms with Crippen LogP contribution >= 0.6 is 0 Å². The molecule has 0 amide bonds. The molecule has 94 valence electrons. The van der Waals surface area contributed by atoms with Gasteiger partial charge in [-0.2, -0.15) is 0 Å². The van der Waals surface area contributed by atoms with E-state index in [0.717, 1.165) is 17.7 Å². The summed E-state index contributed by atoms with van der Waals surface area (Å²) in [5.41, 5.74) is 6.52. The second-order valence-corrected chi connectivity index (χ2v) is 3.90. The molecule has 1 aromatic heterocycles. The van der Waals surface area contributed by atoms with E-state index in [-0.39, 0.29) is 17.7 Å². The zero-order chi connectivity index (χ0) is 13.1. The van der Waals surface area contributed by atoms with Gasteiger partial charge >= 0.3 is 0 Å². The van der Waals surface area contributed by atoms with Crippen molar-refractivity contribution < 1.29 is 13.5 Å². The predicted octanol–water partition coefficient (Wildman–Crippen LogP) is 3.17. The Morgan fingerprint density at radius 2 is 2.00 bits per heavy atom. The summed E-state index contributed by atoms with van der Waals surface area (Å²) in [6.45, 7) is 1.83. The smallest absolute Gasteiger partial charge is 0.219 e. The molecule has 0 spiro atoms. The summed E-state index contributed by atoms with van der Waals surface area (Å²) < 4.78 is 31.2. The first-order valence-corrected chi connectivity index (χ1v) is 5.40. The van der Waals surface area contributed by atoms with Crippen LogP contribution < -0.4 is 10.5 Å². The van der Waals surface area contributed by atoms with Crippen LogP contribution in [0.4, 0.5) is 8.78 Å². The fourth-order valence-electron chi connectivity index (χ4n) is 1.39. The van der Waals surface area contributed by atoms with Crippen molar-refractivity contribution in [3.8, 4) is 11.6 Å². The van der Waals surface area contributed by atoms with Gasteiger partial charge in [0.1, 0.15) is 5.82 Å². The maximum absolute atomic E-state index is 13.3. The van der Waals surface area contributed by atoms with E-state index >= 15 is 0 Å². The molecule has 2 rings (SSSR count). The summed E-state index contributed by atoms with van der Waals surface area (Å²) in [7, 11) is 0. The number of benzene rings is 1. The summed E-state index contributed by atoms with van der Waals surface area (Å²) in [6, 6.07) is 6.29. The molecule has 1 atom stereocenters. The molecule has 0 radical (unpaired) electrons. The van der Waals surface area contributed by atoms with Gasteiger partial charge in [0.15, 0.2) is 11.6 Å². The molecule has 18 heavy (non-hydrogen) atoms. The number of nitrogens with zero attached hydrogens (tertiary/aromatic N) is 1. The first kappa shape index (κ1) is 12.4. The third-order valence-electron chi connectivity index (χ3n) is 2.39. The molecule has 2 aromatic rings. The zero-order valence-electron chi connectivity index (χ0n) is 9.73. The van der Waals surface area contributed by atoms with Crippen LogP contribution in [0.15, 0.2) is 36.5 Å². The van der Waals surface area contributed by atoms with E-state index in [2.05, 4.69) is 4.98 Å². The minimum Gasteiger partial charge on any atom is -0.436 e. The molecule has 0 aliphatic carbocycles. The minimum atomic E-state index is -0.770. The van der Waals surface area contributed by atoms with Crippen molar-refractivity contribution in [1.82, 2.24) is 4.98 Å². The van der Waals surface area contributed by atoms with Crippen molar-refractivity contribution in [3.63, 3.8) is 0 Å². The van der Waals surface area contributed by atoms with E-state index < -0.39 is 11.6 Å². The van der Waals surface area contributed by atoms with E-state index in [1.54, 1.807) is 18.3 Å². The molecule has 0 fully saturated rings. The van der Waals surface area contributed by atoms with Crippen LogP contribution in [-0.4, -0.2) is 4.98 Å². The summed E-state index contributed by atoms with van der Waals surface area (Å²) in [6.07, 6.45) is 1.56. The standard InChI is InChI=1S/C13H12F2N2O/c1-8(16)9-2-5-13(17-7-9)18-12-4-3-10(14)6-11(12)15/h2-8H,16H2,1H3/t8-/m0/s1. The van der Waals surface area contributed by atoms with Gasteiger partial charge in [-0.05, 0) is 24.6 Å². The topological polar surface area (TPSA) is 48.1 Å². The van der Waals surface area contributed by atoms with Crippen molar-refractivity contribution in [2.75, 3.05) is 0 Å². The lowest BCUT2D eigenvalue weighted by molar-refractivity contribution is 0.423. The fourth-order valence-corrected chi connectivity index (χ4v) is 1.39. The Labute approximate surface area is 103 Å². The highest BCUT2D eigenvalue weighted by atomic mass is 19.1. The molecule has 3 nitrogen and oxygen atoms in total. The number of hydrogen-bond donors (Lipinski definition) is 1. The molecule has 0 aliphatic rings. The maximum Gasteiger partial charge on any atom is 0.219 e. The lowest BCUT2D eigenvalue weighted by atomic mass is 10.2. The SMILES string of the molecule is C[C@H](N)c1ccc(Oc2ccc(F)cc2F)nc1. The Hall–Kier alpha value is -2.01. The van der Waals surface area contributed by atoms with Gasteiger partial charge in [-0.25, -0.2) is 13.8 Å². The second-order valence-electron chi connectivity index (χ2n) is 3.90. The van der Waals surface area contributed by atoms with Crippen LogP contribution in [0, 0.1) is 11.6 Å². The Balaban J connectivity index is 2.18. The largest absolute Gasteiger partial charge is 0.436 e. The van der Waals surface area contributed by atoms with Gasteiger partial charge < -0.3 is 10.5 Å². The lowest BCUT2D eigenvalue weighted by Gasteiger charge is -2.08. The van der Waals surface area contributed by atoms with Gasteiger partial charge in [-0.1, -0.05) is 6.07 Å². The highest BCUT2D eigenvalue weighted by Gasteiger charge is 2.07. The van der Waals surface area contributed by atoms with E-state index in [0.29, 0.717) is 0 Å². The van der Waals surface area contributed by atoms with Crippen LogP contribution in [-0.2, 0) is 0 Å². The normalized spacial score (nSPS) is 12.2. The number of aromatic nitrogens is 1. The van der Waals surface area contributed by atoms with E-state index in [9.17, 15) is 8.78 Å². The van der Waals surface area contributed by atoms with Gasteiger partial charge in [0.25, 0.3) is 0 Å². The fraction of sp³-hybridized carbons (Fsp3) is 0.154. The molecule has 0 unspecified atom stereocenters. The summed E-state index contributed by atoms with van der Waals surface area (Å²) in [5.74, 6) is -1.27. The Morgan fingerprint density at radius 1 is 1.22 bits per heavy atom. The summed E-state index contributed by atoms with van der Waals surface area (Å²) >= 11 is 0. The monoisotopic (exact) mass is 250 g/mol. The average molecular weight is 250 g/mol. The number of hydrogen-bond acceptors (Lipinski definition) is 3. The van der Waals surface area contributed by atoms with Crippen LogP contribution in [0.5, 0.6) is 11.6 Å². The van der Waals surface area contributed by atoms with Crippen LogP contribution in [0.1, 0.15) is 18.5 Å². The van der Waals surface area contributed by atoms with Gasteiger partial charge in [-0.3, -0.25) is 0 Å². The maximum atomic E-state index is 13.3. The molecular formula is C13H12F2N2O. The molecule has 2 N–H and O–H groups in total. The molecule has 5 heteroatoms. The third kappa shape index (κ3) is 2.81. The number of rotatable bonds is 3. The van der Waals surface area contributed by atoms with E-state index in [4.69, 9.17) is 10.5 Å². The number of halogens is 2. The quantitative estimate of drug-likeness (QED) is 0.910. The van der Waals surface area contributed by atoms with Crippen LogP contribution in [0.3, 0.4) is 0 Å². The van der Waals surface area contributed by atoms with Crippen molar-refractivity contribution >= 4 is 0 Å². The van der Waals surface area contributed by atoms with Crippen molar-refractivity contribution in [2.45, 2.75) is 13.0 Å². The van der Waals surface area contributed by atoms with Crippen molar-refractivity contribution in [2.24, 2.45) is 5.73 Å². The molecule has 1 heterocycles. The van der Waals surface area contributed by atoms with Gasteiger partial charge in [0.05, 0.1) is 0 Å². The Kier molecular flexibility index (Phi) is 3.53. The molecule has 1 aromatic carbocycles. The highest BCUT2D eigenvalue weighted by molar-refractivity contribution is 5.30. The summed E-state index contributed by atoms with van der Waals surface area (Å²) in [4.78, 5) is 4.00. The average Bonchev–Trinajstić information content (AvgIpc) is 2.33. The third-order valence-corrected chi connectivity index (χ3v) is 2.39. The second kappa shape index (κ2) is 5.10. The number of pyridine rings is 1. The number of nitrogens with two attached hydrogens (primary N) is 1. The minimum absolute atomic E-state index is 0.0718. The predicted molar refractivity (Wildman–Crippen MR) is 63.3 cm³/mol. The molecular weight excluding hydrogens is 238 g/mol. The van der Waals surface area contributed by atoms with E-state index in [1.807, 2.05) is 6.92 Å². The first-order valence-electron chi connectivity index (χ1n) is 5.40. The Morgan fingerprint density at radius 3 is 2.56 bits per heavy atom. The van der Waals surface area contributed by atoms with Crippen molar-refractivity contribution in [1.29, 1.82) is 0 Å². The lowest BCUT2D eigenvalue weighted by Crippen LogP contribution is -2.05. The zero-order valence-corrected chi connectivity index (χ0v) is 9.73. The van der Waals surface area contributed by atoms with Crippen molar-refractivity contribution in [3.05, 3.63) is 53.7 Å². The summed E-state index contributed by atoms with van der Waals surface area (Å²) in [5, 5.41) is 0. The van der Waals surface area contributed by atoms with Gasteiger partial charge in [0.2, 0.25) is 5.88 Å². The van der Waals surface area contributed by atoms with Crippen LogP contribution in [0.25, 0.3) is 0 Å². The Bertz CT molecular complexity index is 541. The molecule has 0 bridgehead atoms. The number of ether oxygens (including phenoxy) is 1. The first-order chi connectivity index (χ1) is 8.56.